The van der Waals surface area contributed by atoms with E-state index < -0.39 is 11.9 Å². The second-order valence-electron chi connectivity index (χ2n) is 3.01. The molecule has 0 aromatic carbocycles. The summed E-state index contributed by atoms with van der Waals surface area (Å²) in [4.78, 5) is 21.6. The van der Waals surface area contributed by atoms with E-state index in [0.29, 0.717) is 6.42 Å². The zero-order valence-corrected chi connectivity index (χ0v) is 11.0. The lowest BCUT2D eigenvalue weighted by molar-refractivity contribution is -0.137. The smallest absolute Gasteiger partial charge is 0.339 e. The predicted octanol–water partition coefficient (Wildman–Crippen LogP) is 2.04. The number of aliphatic hydroxyl groups is 1. The largest absolute Gasteiger partial charge is 0.478 e. The lowest BCUT2D eigenvalue weighted by Crippen LogP contribution is -2.09. The highest BCUT2D eigenvalue weighted by atomic mass is 16.5. The number of ether oxygens (including phenoxy) is 1. The summed E-state index contributed by atoms with van der Waals surface area (Å²) in [7, 11) is 0. The van der Waals surface area contributed by atoms with E-state index in [1.54, 1.807) is 6.92 Å². The molecule has 0 aromatic rings. The lowest BCUT2D eigenvalue weighted by atomic mass is 10.2. The number of carbonyl (C=O) groups excluding carboxylic acids is 1. The van der Waals surface area contributed by atoms with Crippen molar-refractivity contribution in [2.75, 3.05) is 6.61 Å². The van der Waals surface area contributed by atoms with Crippen LogP contribution in [0.4, 0.5) is 0 Å². The van der Waals surface area contributed by atoms with Crippen molar-refractivity contribution >= 4 is 11.9 Å². The van der Waals surface area contributed by atoms with Gasteiger partial charge in [0.1, 0.15) is 11.3 Å². The summed E-state index contributed by atoms with van der Waals surface area (Å²) in [5.74, 6) is -1.65. The quantitative estimate of drug-likeness (QED) is 0.340. The second-order valence-corrected chi connectivity index (χ2v) is 3.01. The maximum absolute atomic E-state index is 10.8. The number of aliphatic hydroxyl groups excluding tert-OH is 1. The number of carbonyl (C=O) groups is 2. The molecule has 2 N–H and O–H groups in total. The number of esters is 1. The summed E-state index contributed by atoms with van der Waals surface area (Å²) in [6, 6.07) is 0. The molecular weight excluding hydrogens is 236 g/mol. The van der Waals surface area contributed by atoms with Crippen LogP contribution in [-0.2, 0) is 14.3 Å². The van der Waals surface area contributed by atoms with Crippen LogP contribution in [0.25, 0.3) is 0 Å². The molecule has 0 bridgehead atoms. The molecule has 0 aromatic heterocycles. The van der Waals surface area contributed by atoms with Gasteiger partial charge in [0, 0.05) is 13.5 Å². The maximum Gasteiger partial charge on any atom is 0.339 e. The van der Waals surface area contributed by atoms with Crippen LogP contribution in [0.3, 0.4) is 0 Å². The zero-order chi connectivity index (χ0) is 14.6. The Bertz CT molecular complexity index is 339. The molecule has 0 spiro atoms. The van der Waals surface area contributed by atoms with Crippen LogP contribution >= 0.6 is 0 Å². The third kappa shape index (κ3) is 9.35. The van der Waals surface area contributed by atoms with Gasteiger partial charge in [-0.3, -0.25) is 4.79 Å². The van der Waals surface area contributed by atoms with E-state index >= 15 is 0 Å². The van der Waals surface area contributed by atoms with E-state index in [1.807, 2.05) is 6.92 Å². The summed E-state index contributed by atoms with van der Waals surface area (Å²) in [6.07, 6.45) is 4.72. The van der Waals surface area contributed by atoms with E-state index in [1.165, 1.54) is 25.2 Å². The monoisotopic (exact) mass is 256 g/mol. The van der Waals surface area contributed by atoms with Crippen LogP contribution in [0.2, 0.25) is 0 Å². The summed E-state index contributed by atoms with van der Waals surface area (Å²) in [5, 5.41) is 16.4. The lowest BCUT2D eigenvalue weighted by Gasteiger charge is -2.06. The van der Waals surface area contributed by atoms with Gasteiger partial charge in [0.2, 0.25) is 0 Å². The van der Waals surface area contributed by atoms with Crippen molar-refractivity contribution in [2.45, 2.75) is 27.2 Å². The molecule has 0 aliphatic heterocycles. The van der Waals surface area contributed by atoms with Crippen molar-refractivity contribution in [3.63, 3.8) is 0 Å². The number of carboxylic acid groups (broad SMARTS) is 1. The number of allylic oxidation sites excluding steroid dienone is 3. The van der Waals surface area contributed by atoms with Gasteiger partial charge < -0.3 is 14.9 Å². The summed E-state index contributed by atoms with van der Waals surface area (Å²) < 4.78 is 4.79. The first-order chi connectivity index (χ1) is 8.44. The fourth-order valence-electron chi connectivity index (χ4n) is 0.924. The van der Waals surface area contributed by atoms with Crippen molar-refractivity contribution in [1.82, 2.24) is 0 Å². The third-order valence-electron chi connectivity index (χ3n) is 1.42. The van der Waals surface area contributed by atoms with E-state index in [0.717, 1.165) is 0 Å². The summed E-state index contributed by atoms with van der Waals surface area (Å²) in [5.41, 5.74) is -0.0814. The van der Waals surface area contributed by atoms with E-state index in [-0.39, 0.29) is 17.9 Å². The standard InChI is InChI=1S/C11H14O4.C2H6O/c1-4-6-9(11(13)14)10(7-5-2)15-8(3)12;1-2-3/h4,6-7H,1,5H2,2-3H3,(H,13,14);3H,2H2,1H3/b9-6+,10-7?;. The van der Waals surface area contributed by atoms with Gasteiger partial charge in [-0.1, -0.05) is 19.6 Å². The van der Waals surface area contributed by atoms with Gasteiger partial charge in [-0.2, -0.15) is 0 Å². The Morgan fingerprint density at radius 1 is 1.33 bits per heavy atom. The minimum absolute atomic E-state index is 0.0531. The van der Waals surface area contributed by atoms with E-state index in [4.69, 9.17) is 14.9 Å². The Balaban J connectivity index is 0. The highest BCUT2D eigenvalue weighted by Gasteiger charge is 2.15. The molecule has 18 heavy (non-hydrogen) atoms. The van der Waals surface area contributed by atoms with Crippen LogP contribution in [0.15, 0.2) is 36.1 Å². The van der Waals surface area contributed by atoms with E-state index in [9.17, 15) is 9.59 Å². The first-order valence-corrected chi connectivity index (χ1v) is 5.50. The number of aliphatic carboxylic acids is 1. The minimum Gasteiger partial charge on any atom is -0.478 e. The molecule has 0 fully saturated rings. The molecule has 0 amide bonds. The molecule has 0 atom stereocenters. The number of hydrogen-bond donors (Lipinski definition) is 2. The van der Waals surface area contributed by atoms with Gasteiger partial charge in [-0.15, -0.1) is 0 Å². The molecule has 0 aliphatic rings. The first kappa shape index (κ1) is 18.5. The molecule has 5 nitrogen and oxygen atoms in total. The van der Waals surface area contributed by atoms with Gasteiger partial charge in [0.25, 0.3) is 0 Å². The van der Waals surface area contributed by atoms with Crippen molar-refractivity contribution in [2.24, 2.45) is 0 Å². The van der Waals surface area contributed by atoms with Crippen molar-refractivity contribution in [3.8, 4) is 0 Å². The molecule has 0 saturated carbocycles. The number of hydrogen-bond acceptors (Lipinski definition) is 4. The topological polar surface area (TPSA) is 83.8 Å². The average Bonchev–Trinajstić information content (AvgIpc) is 2.25. The van der Waals surface area contributed by atoms with Crippen LogP contribution in [0.5, 0.6) is 0 Å². The number of carboxylic acids is 1. The molecule has 0 aliphatic carbocycles. The Morgan fingerprint density at radius 2 is 1.83 bits per heavy atom. The Hall–Kier alpha value is -1.88. The third-order valence-corrected chi connectivity index (χ3v) is 1.42. The summed E-state index contributed by atoms with van der Waals surface area (Å²) >= 11 is 0. The highest BCUT2D eigenvalue weighted by Crippen LogP contribution is 2.13. The molecular formula is C13H20O5. The SMILES string of the molecule is C=C/C=C(/C(=O)O)C(=CCC)OC(C)=O.CCO. The molecule has 102 valence electrons. The normalized spacial score (nSPS) is 11.1. The Kier molecular flexibility index (Phi) is 11.9. The molecule has 0 radical (unpaired) electrons. The average molecular weight is 256 g/mol. The van der Waals surface area contributed by atoms with Gasteiger partial charge in [-0.25, -0.2) is 4.79 Å². The van der Waals surface area contributed by atoms with Crippen LogP contribution in [-0.4, -0.2) is 28.8 Å². The minimum atomic E-state index is -1.16. The molecule has 5 heteroatoms. The predicted molar refractivity (Wildman–Crippen MR) is 68.8 cm³/mol. The second kappa shape index (κ2) is 11.6. The Labute approximate surface area is 107 Å². The number of rotatable bonds is 5. The maximum atomic E-state index is 10.8. The molecule has 0 rings (SSSR count). The van der Waals surface area contributed by atoms with Crippen molar-refractivity contribution in [1.29, 1.82) is 0 Å². The van der Waals surface area contributed by atoms with Crippen molar-refractivity contribution < 1.29 is 24.5 Å². The molecule has 0 unspecified atom stereocenters. The molecule has 0 saturated heterocycles. The van der Waals surface area contributed by atoms with Gasteiger partial charge >= 0.3 is 11.9 Å². The van der Waals surface area contributed by atoms with Crippen LogP contribution < -0.4 is 0 Å². The van der Waals surface area contributed by atoms with Crippen LogP contribution in [0, 0.1) is 0 Å². The van der Waals surface area contributed by atoms with Gasteiger partial charge in [0.15, 0.2) is 0 Å². The molecule has 0 heterocycles. The van der Waals surface area contributed by atoms with Gasteiger partial charge in [0.05, 0.1) is 0 Å². The summed E-state index contributed by atoms with van der Waals surface area (Å²) in [6.45, 7) is 8.36. The zero-order valence-electron chi connectivity index (χ0n) is 11.0. The fraction of sp³-hybridized carbons (Fsp3) is 0.385. The fourth-order valence-corrected chi connectivity index (χ4v) is 0.924. The van der Waals surface area contributed by atoms with E-state index in [2.05, 4.69) is 6.58 Å². The van der Waals surface area contributed by atoms with Crippen molar-refractivity contribution in [3.05, 3.63) is 36.1 Å². The highest BCUT2D eigenvalue weighted by molar-refractivity contribution is 5.92. The van der Waals surface area contributed by atoms with Crippen LogP contribution in [0.1, 0.15) is 27.2 Å². The van der Waals surface area contributed by atoms with Gasteiger partial charge in [-0.05, 0) is 25.5 Å². The Morgan fingerprint density at radius 3 is 2.11 bits per heavy atom. The first-order valence-electron chi connectivity index (χ1n) is 5.50.